The number of nitrogens with one attached hydrogen (secondary N) is 1. The minimum absolute atomic E-state index is 0.556. The molecule has 1 unspecified atom stereocenters. The summed E-state index contributed by atoms with van der Waals surface area (Å²) in [4.78, 5) is 4.79. The van der Waals surface area contributed by atoms with Gasteiger partial charge in [0.05, 0.1) is 13.2 Å². The number of ether oxygens (including phenoxy) is 1. The molecule has 96 valence electrons. The summed E-state index contributed by atoms with van der Waals surface area (Å²) in [7, 11) is 4.26. The average molecular weight is 229 g/mol. The molecule has 0 amide bonds. The molecule has 1 aliphatic rings. The Labute approximate surface area is 99.9 Å². The predicted molar refractivity (Wildman–Crippen MR) is 67.9 cm³/mol. The fraction of sp³-hybridized carbons (Fsp3) is 1.00. The summed E-state index contributed by atoms with van der Waals surface area (Å²) in [6.07, 6.45) is 1.20. The van der Waals surface area contributed by atoms with E-state index in [1.165, 1.54) is 6.42 Å². The molecule has 1 rings (SSSR count). The van der Waals surface area contributed by atoms with E-state index in [0.29, 0.717) is 6.04 Å². The van der Waals surface area contributed by atoms with Crippen LogP contribution in [0, 0.1) is 0 Å². The molecular weight excluding hydrogens is 202 g/mol. The molecule has 0 aromatic heterocycles. The van der Waals surface area contributed by atoms with Gasteiger partial charge in [0.2, 0.25) is 0 Å². The van der Waals surface area contributed by atoms with E-state index in [2.05, 4.69) is 36.1 Å². The fourth-order valence-electron chi connectivity index (χ4n) is 1.95. The Hall–Kier alpha value is -0.160. The van der Waals surface area contributed by atoms with Crippen molar-refractivity contribution >= 4 is 0 Å². The normalized spacial score (nSPS) is 22.9. The number of nitrogens with zero attached hydrogens (tertiary/aromatic N) is 2. The van der Waals surface area contributed by atoms with Crippen LogP contribution in [0.15, 0.2) is 0 Å². The molecule has 0 aromatic carbocycles. The summed E-state index contributed by atoms with van der Waals surface area (Å²) < 4.78 is 5.55. The largest absolute Gasteiger partial charge is 0.378 e. The average Bonchev–Trinajstić information content (AvgIpc) is 2.28. The summed E-state index contributed by atoms with van der Waals surface area (Å²) in [6.45, 7) is 9.49. The molecule has 4 heteroatoms. The van der Waals surface area contributed by atoms with Gasteiger partial charge in [-0.1, -0.05) is 6.92 Å². The van der Waals surface area contributed by atoms with Crippen molar-refractivity contribution in [1.82, 2.24) is 15.1 Å². The third kappa shape index (κ3) is 5.25. The van der Waals surface area contributed by atoms with Gasteiger partial charge in [0.15, 0.2) is 0 Å². The number of hydrogen-bond acceptors (Lipinski definition) is 4. The maximum Gasteiger partial charge on any atom is 0.0634 e. The van der Waals surface area contributed by atoms with E-state index in [0.717, 1.165) is 45.9 Å². The molecule has 0 spiro atoms. The fourth-order valence-corrected chi connectivity index (χ4v) is 1.95. The molecule has 1 N–H and O–H groups in total. The molecule has 1 saturated heterocycles. The summed E-state index contributed by atoms with van der Waals surface area (Å²) in [6, 6.07) is 0.556. The molecule has 0 aliphatic carbocycles. The lowest BCUT2D eigenvalue weighted by molar-refractivity contribution is -0.00873. The van der Waals surface area contributed by atoms with E-state index < -0.39 is 0 Å². The number of morpholine rings is 1. The van der Waals surface area contributed by atoms with Gasteiger partial charge in [-0.25, -0.2) is 0 Å². The van der Waals surface area contributed by atoms with E-state index in [-0.39, 0.29) is 0 Å². The molecule has 1 heterocycles. The van der Waals surface area contributed by atoms with Crippen molar-refractivity contribution in [3.8, 4) is 0 Å². The van der Waals surface area contributed by atoms with Gasteiger partial charge in [0, 0.05) is 32.2 Å². The number of rotatable bonds is 7. The molecule has 0 saturated carbocycles. The molecule has 0 radical (unpaired) electrons. The standard InChI is InChI=1S/C12H27N3O/c1-4-5-13-10-12-11-16-9-8-15(12)7-6-14(2)3/h12-13H,4-11H2,1-3H3. The molecule has 1 aliphatic heterocycles. The Balaban J connectivity index is 2.26. The van der Waals surface area contributed by atoms with Crippen LogP contribution in [0.1, 0.15) is 13.3 Å². The Kier molecular flexibility index (Phi) is 6.96. The van der Waals surface area contributed by atoms with Crippen molar-refractivity contribution in [1.29, 1.82) is 0 Å². The van der Waals surface area contributed by atoms with Crippen molar-refractivity contribution in [2.45, 2.75) is 19.4 Å². The van der Waals surface area contributed by atoms with Crippen LogP contribution in [0.4, 0.5) is 0 Å². The minimum atomic E-state index is 0.556. The number of hydrogen-bond donors (Lipinski definition) is 1. The second kappa shape index (κ2) is 8.01. The predicted octanol–water partition coefficient (Wildman–Crippen LogP) is 0.248. The highest BCUT2D eigenvalue weighted by molar-refractivity contribution is 4.77. The van der Waals surface area contributed by atoms with Crippen molar-refractivity contribution in [3.63, 3.8) is 0 Å². The highest BCUT2D eigenvalue weighted by Gasteiger charge is 2.21. The molecule has 1 fully saturated rings. The molecule has 0 bridgehead atoms. The van der Waals surface area contributed by atoms with E-state index in [4.69, 9.17) is 4.74 Å². The quantitative estimate of drug-likeness (QED) is 0.633. The van der Waals surface area contributed by atoms with Gasteiger partial charge in [-0.2, -0.15) is 0 Å². The van der Waals surface area contributed by atoms with Crippen LogP contribution < -0.4 is 5.32 Å². The van der Waals surface area contributed by atoms with Crippen LogP contribution in [0.3, 0.4) is 0 Å². The van der Waals surface area contributed by atoms with E-state index in [1.54, 1.807) is 0 Å². The lowest BCUT2D eigenvalue weighted by Crippen LogP contribution is -2.52. The zero-order valence-corrected chi connectivity index (χ0v) is 11.0. The van der Waals surface area contributed by atoms with Crippen molar-refractivity contribution in [2.75, 3.05) is 60.0 Å². The Bertz CT molecular complexity index is 176. The molecule has 16 heavy (non-hydrogen) atoms. The van der Waals surface area contributed by atoms with Gasteiger partial charge in [-0.05, 0) is 27.1 Å². The first-order valence-electron chi connectivity index (χ1n) is 6.41. The summed E-state index contributed by atoms with van der Waals surface area (Å²) in [5.74, 6) is 0. The third-order valence-electron chi connectivity index (χ3n) is 2.99. The Morgan fingerprint density at radius 2 is 2.25 bits per heavy atom. The number of likely N-dealkylation sites (N-methyl/N-ethyl adjacent to an activating group) is 1. The molecule has 0 aromatic rings. The summed E-state index contributed by atoms with van der Waals surface area (Å²) >= 11 is 0. The highest BCUT2D eigenvalue weighted by atomic mass is 16.5. The Morgan fingerprint density at radius 3 is 2.94 bits per heavy atom. The van der Waals surface area contributed by atoms with E-state index >= 15 is 0 Å². The minimum Gasteiger partial charge on any atom is -0.378 e. The van der Waals surface area contributed by atoms with Crippen molar-refractivity contribution in [3.05, 3.63) is 0 Å². The SMILES string of the molecule is CCCNCC1COCCN1CCN(C)C. The van der Waals surface area contributed by atoms with Gasteiger partial charge in [0.1, 0.15) is 0 Å². The lowest BCUT2D eigenvalue weighted by atomic mass is 10.2. The van der Waals surface area contributed by atoms with Gasteiger partial charge < -0.3 is 15.0 Å². The van der Waals surface area contributed by atoms with Crippen molar-refractivity contribution in [2.24, 2.45) is 0 Å². The van der Waals surface area contributed by atoms with E-state index in [1.807, 2.05) is 0 Å². The second-order valence-corrected chi connectivity index (χ2v) is 4.77. The van der Waals surface area contributed by atoms with Gasteiger partial charge in [-0.3, -0.25) is 4.90 Å². The van der Waals surface area contributed by atoms with Crippen LogP contribution >= 0.6 is 0 Å². The maximum atomic E-state index is 5.55. The second-order valence-electron chi connectivity index (χ2n) is 4.77. The molecule has 1 atom stereocenters. The molecule has 4 nitrogen and oxygen atoms in total. The van der Waals surface area contributed by atoms with Gasteiger partial charge in [0.25, 0.3) is 0 Å². The van der Waals surface area contributed by atoms with Crippen LogP contribution in [-0.2, 0) is 4.74 Å². The summed E-state index contributed by atoms with van der Waals surface area (Å²) in [5, 5.41) is 3.49. The Morgan fingerprint density at radius 1 is 1.44 bits per heavy atom. The van der Waals surface area contributed by atoms with Crippen molar-refractivity contribution < 1.29 is 4.74 Å². The van der Waals surface area contributed by atoms with Gasteiger partial charge in [-0.15, -0.1) is 0 Å². The maximum absolute atomic E-state index is 5.55. The zero-order valence-electron chi connectivity index (χ0n) is 11.0. The monoisotopic (exact) mass is 229 g/mol. The first-order valence-corrected chi connectivity index (χ1v) is 6.41. The lowest BCUT2D eigenvalue weighted by Gasteiger charge is -2.36. The van der Waals surface area contributed by atoms with Crippen LogP contribution in [-0.4, -0.2) is 75.9 Å². The van der Waals surface area contributed by atoms with Gasteiger partial charge >= 0.3 is 0 Å². The highest BCUT2D eigenvalue weighted by Crippen LogP contribution is 2.05. The molecular formula is C12H27N3O. The van der Waals surface area contributed by atoms with Crippen LogP contribution in [0.5, 0.6) is 0 Å². The van der Waals surface area contributed by atoms with Crippen LogP contribution in [0.25, 0.3) is 0 Å². The summed E-state index contributed by atoms with van der Waals surface area (Å²) in [5.41, 5.74) is 0. The zero-order chi connectivity index (χ0) is 11.8. The topological polar surface area (TPSA) is 27.7 Å². The van der Waals surface area contributed by atoms with E-state index in [9.17, 15) is 0 Å². The smallest absolute Gasteiger partial charge is 0.0634 e. The first kappa shape index (κ1) is 13.9. The van der Waals surface area contributed by atoms with Crippen LogP contribution in [0.2, 0.25) is 0 Å². The third-order valence-corrected chi connectivity index (χ3v) is 2.99. The first-order chi connectivity index (χ1) is 7.74.